The molecule has 3 rings (SSSR count). The van der Waals surface area contributed by atoms with Crippen molar-refractivity contribution in [3.8, 4) is 5.75 Å². The van der Waals surface area contributed by atoms with Crippen LogP contribution in [0.4, 0.5) is 0 Å². The average Bonchev–Trinajstić information content (AvgIpc) is 2.69. The molecule has 0 atom stereocenters. The summed E-state index contributed by atoms with van der Waals surface area (Å²) in [5.74, 6) is 0.549. The molecule has 0 spiro atoms. The first-order valence-corrected chi connectivity index (χ1v) is 12.0. The highest BCUT2D eigenvalue weighted by molar-refractivity contribution is 14.1. The van der Waals surface area contributed by atoms with Crippen LogP contribution in [0.5, 0.6) is 5.75 Å². The Balaban J connectivity index is 1.65. The summed E-state index contributed by atoms with van der Waals surface area (Å²) in [6.07, 6.45) is 1.62. The zero-order valence-electron chi connectivity index (χ0n) is 14.8. The molecule has 3 aromatic carbocycles. The first-order valence-electron chi connectivity index (χ1n) is 8.38. The third-order valence-electron chi connectivity index (χ3n) is 3.84. The molecule has 29 heavy (non-hydrogen) atoms. The molecule has 4 nitrogen and oxygen atoms in total. The fraction of sp³-hybridized carbons (Fsp3) is 0.0476. The van der Waals surface area contributed by atoms with Gasteiger partial charge in [0.25, 0.3) is 5.91 Å². The van der Waals surface area contributed by atoms with Crippen LogP contribution >= 0.6 is 79.4 Å². The van der Waals surface area contributed by atoms with Gasteiger partial charge in [0.1, 0.15) is 12.4 Å². The highest BCUT2D eigenvalue weighted by atomic mass is 127. The van der Waals surface area contributed by atoms with Crippen molar-refractivity contribution in [2.24, 2.45) is 5.10 Å². The summed E-state index contributed by atoms with van der Waals surface area (Å²) in [6.45, 7) is 0.394. The molecule has 0 aliphatic rings. The minimum absolute atomic E-state index is 0.248. The van der Waals surface area contributed by atoms with Gasteiger partial charge in [0.15, 0.2) is 0 Å². The van der Waals surface area contributed by atoms with E-state index >= 15 is 0 Å². The Kier molecular flexibility index (Phi) is 8.57. The van der Waals surface area contributed by atoms with Gasteiger partial charge in [0.2, 0.25) is 0 Å². The van der Waals surface area contributed by atoms with Crippen molar-refractivity contribution < 1.29 is 9.53 Å². The Morgan fingerprint density at radius 3 is 2.34 bits per heavy atom. The van der Waals surface area contributed by atoms with Gasteiger partial charge in [0.05, 0.1) is 13.4 Å². The molecule has 0 radical (unpaired) electrons. The van der Waals surface area contributed by atoms with Crippen LogP contribution in [0.25, 0.3) is 0 Å². The Morgan fingerprint density at radius 2 is 1.69 bits per heavy atom. The molecular formula is C21H14ClI3N2O2. The maximum absolute atomic E-state index is 12.1. The van der Waals surface area contributed by atoms with E-state index in [0.717, 1.165) is 27.6 Å². The molecule has 0 saturated carbocycles. The van der Waals surface area contributed by atoms with E-state index in [1.807, 2.05) is 48.5 Å². The number of hydrogen-bond donors (Lipinski definition) is 1. The van der Waals surface area contributed by atoms with E-state index in [2.05, 4.69) is 78.3 Å². The van der Waals surface area contributed by atoms with Crippen molar-refractivity contribution in [2.75, 3.05) is 0 Å². The number of carbonyl (C=O) groups is 1. The van der Waals surface area contributed by atoms with Crippen molar-refractivity contribution >= 4 is 91.5 Å². The number of benzene rings is 3. The molecule has 0 saturated heterocycles. The van der Waals surface area contributed by atoms with Crippen molar-refractivity contribution in [1.29, 1.82) is 0 Å². The highest BCUT2D eigenvalue weighted by Gasteiger charge is 2.10. The molecule has 3 aromatic rings. The highest BCUT2D eigenvalue weighted by Crippen LogP contribution is 2.30. The smallest absolute Gasteiger partial charge is 0.271 e. The number of halogens is 4. The van der Waals surface area contributed by atoms with Crippen LogP contribution in [-0.2, 0) is 6.61 Å². The SMILES string of the molecule is O=C(N/N=C\c1cc(I)c(OCc2ccccc2Cl)c(I)c1)c1ccc(I)cc1. The summed E-state index contributed by atoms with van der Waals surface area (Å²) in [6, 6.07) is 18.8. The van der Waals surface area contributed by atoms with E-state index in [9.17, 15) is 4.79 Å². The van der Waals surface area contributed by atoms with Gasteiger partial charge in [0, 0.05) is 19.7 Å². The summed E-state index contributed by atoms with van der Waals surface area (Å²) >= 11 is 12.8. The third kappa shape index (κ3) is 6.53. The van der Waals surface area contributed by atoms with E-state index in [-0.39, 0.29) is 5.91 Å². The molecule has 0 bridgehead atoms. The molecule has 8 heteroatoms. The standard InChI is InChI=1S/C21H14ClI3N2O2/c22-17-4-2-1-3-15(17)12-29-20-18(24)9-13(10-19(20)25)11-26-27-21(28)14-5-7-16(23)8-6-14/h1-11H,12H2,(H,27,28)/b26-11-. The fourth-order valence-electron chi connectivity index (χ4n) is 2.39. The average molecular weight is 743 g/mol. The molecule has 0 aromatic heterocycles. The van der Waals surface area contributed by atoms with Gasteiger partial charge in [-0.15, -0.1) is 0 Å². The zero-order chi connectivity index (χ0) is 20.8. The lowest BCUT2D eigenvalue weighted by molar-refractivity contribution is 0.0955. The third-order valence-corrected chi connectivity index (χ3v) is 6.53. The van der Waals surface area contributed by atoms with Gasteiger partial charge in [-0.1, -0.05) is 29.8 Å². The van der Waals surface area contributed by atoms with Crippen LogP contribution in [0.1, 0.15) is 21.5 Å². The second-order valence-corrected chi connectivity index (χ2v) is 9.88. The molecule has 0 unspecified atom stereocenters. The van der Waals surface area contributed by atoms with Crippen LogP contribution in [0.15, 0.2) is 65.8 Å². The molecule has 0 heterocycles. The summed E-state index contributed by atoms with van der Waals surface area (Å²) in [5, 5.41) is 4.75. The number of nitrogens with zero attached hydrogens (tertiary/aromatic N) is 1. The molecule has 148 valence electrons. The van der Waals surface area contributed by atoms with E-state index in [0.29, 0.717) is 17.2 Å². The lowest BCUT2D eigenvalue weighted by Gasteiger charge is -2.12. The monoisotopic (exact) mass is 742 g/mol. The van der Waals surface area contributed by atoms with Gasteiger partial charge in [-0.2, -0.15) is 5.10 Å². The van der Waals surface area contributed by atoms with Gasteiger partial charge in [-0.05, 0) is 116 Å². The van der Waals surface area contributed by atoms with Crippen LogP contribution < -0.4 is 10.2 Å². The lowest BCUT2D eigenvalue weighted by atomic mass is 10.2. The summed E-state index contributed by atoms with van der Waals surface area (Å²) in [4.78, 5) is 12.1. The number of rotatable bonds is 6. The number of ether oxygens (including phenoxy) is 1. The summed E-state index contributed by atoms with van der Waals surface area (Å²) < 4.78 is 8.96. The zero-order valence-corrected chi connectivity index (χ0v) is 22.1. The first kappa shape index (κ1) is 22.8. The Morgan fingerprint density at radius 1 is 1.03 bits per heavy atom. The molecule has 0 aliphatic heterocycles. The van der Waals surface area contributed by atoms with Crippen LogP contribution in [0.2, 0.25) is 5.02 Å². The van der Waals surface area contributed by atoms with Crippen molar-refractivity contribution in [1.82, 2.24) is 5.43 Å². The number of hydrazone groups is 1. The number of carbonyl (C=O) groups excluding carboxylic acids is 1. The lowest BCUT2D eigenvalue weighted by Crippen LogP contribution is -2.17. The second-order valence-electron chi connectivity index (χ2n) is 5.90. The number of amides is 1. The predicted molar refractivity (Wildman–Crippen MR) is 142 cm³/mol. The van der Waals surface area contributed by atoms with Crippen molar-refractivity contribution in [2.45, 2.75) is 6.61 Å². The molecule has 1 N–H and O–H groups in total. The minimum Gasteiger partial charge on any atom is -0.487 e. The first-order chi connectivity index (χ1) is 13.9. The molecule has 1 amide bonds. The topological polar surface area (TPSA) is 50.7 Å². The van der Waals surface area contributed by atoms with E-state index in [1.165, 1.54) is 0 Å². The maximum atomic E-state index is 12.1. The van der Waals surface area contributed by atoms with E-state index < -0.39 is 0 Å². The number of hydrogen-bond acceptors (Lipinski definition) is 3. The molecule has 0 fully saturated rings. The Labute approximate surface area is 214 Å². The van der Waals surface area contributed by atoms with Crippen LogP contribution in [0, 0.1) is 10.7 Å². The quantitative estimate of drug-likeness (QED) is 0.178. The van der Waals surface area contributed by atoms with Gasteiger partial charge < -0.3 is 4.74 Å². The largest absolute Gasteiger partial charge is 0.487 e. The number of nitrogens with one attached hydrogen (secondary N) is 1. The van der Waals surface area contributed by atoms with Crippen LogP contribution in [0.3, 0.4) is 0 Å². The summed E-state index contributed by atoms with van der Waals surface area (Å²) in [7, 11) is 0. The van der Waals surface area contributed by atoms with Crippen molar-refractivity contribution in [3.63, 3.8) is 0 Å². The maximum Gasteiger partial charge on any atom is 0.271 e. The van der Waals surface area contributed by atoms with Crippen LogP contribution in [-0.4, -0.2) is 12.1 Å². The fourth-order valence-corrected chi connectivity index (χ4v) is 5.07. The van der Waals surface area contributed by atoms with E-state index in [1.54, 1.807) is 18.3 Å². The Hall–Kier alpha value is -0.920. The second kappa shape index (κ2) is 10.9. The van der Waals surface area contributed by atoms with Gasteiger partial charge in [-0.25, -0.2) is 5.43 Å². The normalized spacial score (nSPS) is 10.9. The minimum atomic E-state index is -0.248. The Bertz CT molecular complexity index is 1030. The predicted octanol–water partition coefficient (Wildman–Crippen LogP) is 6.50. The summed E-state index contributed by atoms with van der Waals surface area (Å²) in [5.41, 5.74) is 4.92. The van der Waals surface area contributed by atoms with Gasteiger partial charge in [-0.3, -0.25) is 4.79 Å². The molecule has 0 aliphatic carbocycles. The van der Waals surface area contributed by atoms with E-state index in [4.69, 9.17) is 16.3 Å². The molecular weight excluding hydrogens is 728 g/mol. The van der Waals surface area contributed by atoms with Gasteiger partial charge >= 0.3 is 0 Å². The van der Waals surface area contributed by atoms with Crippen molar-refractivity contribution in [3.05, 3.63) is 93.1 Å².